The van der Waals surface area contributed by atoms with E-state index in [1.54, 1.807) is 24.3 Å². The molecule has 0 aliphatic carbocycles. The van der Waals surface area contributed by atoms with Gasteiger partial charge in [0.05, 0.1) is 0 Å². The second-order valence-electron chi connectivity index (χ2n) is 3.65. The summed E-state index contributed by atoms with van der Waals surface area (Å²) in [6.07, 6.45) is -1.13. The van der Waals surface area contributed by atoms with Crippen LogP contribution in [0.4, 0.5) is 10.5 Å². The van der Waals surface area contributed by atoms with Crippen LogP contribution in [-0.4, -0.2) is 23.8 Å². The number of furan rings is 1. The lowest BCUT2D eigenvalue weighted by Gasteiger charge is -2.23. The summed E-state index contributed by atoms with van der Waals surface area (Å²) in [5, 5.41) is 12.1. The van der Waals surface area contributed by atoms with Gasteiger partial charge < -0.3 is 14.8 Å². The largest absolute Gasteiger partial charge is 0.465 e. The van der Waals surface area contributed by atoms with Crippen molar-refractivity contribution in [1.29, 1.82) is 0 Å². The number of anilines is 1. The highest BCUT2D eigenvalue weighted by atomic mass is 16.4. The average molecular weight is 232 g/mol. The van der Waals surface area contributed by atoms with Gasteiger partial charge in [0.1, 0.15) is 17.9 Å². The van der Waals surface area contributed by atoms with Crippen molar-refractivity contribution in [2.24, 2.45) is 0 Å². The smallest absolute Gasteiger partial charge is 0.413 e. The van der Waals surface area contributed by atoms with E-state index in [0.717, 1.165) is 4.90 Å². The minimum atomic E-state index is -1.13. The lowest BCUT2D eigenvalue weighted by atomic mass is 10.2. The van der Waals surface area contributed by atoms with E-state index < -0.39 is 12.0 Å². The van der Waals surface area contributed by atoms with Crippen LogP contribution in [-0.2, 0) is 0 Å². The van der Waals surface area contributed by atoms with Crippen molar-refractivity contribution in [3.05, 3.63) is 30.0 Å². The summed E-state index contributed by atoms with van der Waals surface area (Å²) in [6.45, 7) is -0.0648. The molecule has 1 aromatic carbocycles. The third-order valence-electron chi connectivity index (χ3n) is 2.67. The summed E-state index contributed by atoms with van der Waals surface area (Å²) in [6, 6.07) is 6.96. The highest BCUT2D eigenvalue weighted by Crippen LogP contribution is 2.35. The average Bonchev–Trinajstić information content (AvgIpc) is 2.69. The van der Waals surface area contributed by atoms with Crippen molar-refractivity contribution < 1.29 is 19.1 Å². The summed E-state index contributed by atoms with van der Waals surface area (Å²) in [5.74, 6) is -0.353. The molecule has 0 saturated carbocycles. The molecule has 0 bridgehead atoms. The number of carbonyl (C=O) groups is 2. The first-order valence-corrected chi connectivity index (χ1v) is 4.98. The zero-order valence-corrected chi connectivity index (χ0v) is 8.64. The summed E-state index contributed by atoms with van der Waals surface area (Å²) in [5.41, 5.74) is 0.817. The number of amides is 2. The quantitative estimate of drug-likeness (QED) is 0.722. The first kappa shape index (κ1) is 9.71. The molecule has 0 atom stereocenters. The Morgan fingerprint density at radius 1 is 1.41 bits per heavy atom. The maximum absolute atomic E-state index is 11.6. The van der Waals surface area contributed by atoms with E-state index in [0.29, 0.717) is 16.7 Å². The predicted molar refractivity (Wildman–Crippen MR) is 59.1 cm³/mol. The maximum Gasteiger partial charge on any atom is 0.413 e. The molecule has 3 rings (SSSR count). The molecule has 0 spiro atoms. The Balaban J connectivity index is 2.34. The number of hydrogen-bond donors (Lipinski definition) is 2. The van der Waals surface area contributed by atoms with E-state index in [9.17, 15) is 9.59 Å². The molecule has 0 saturated heterocycles. The Bertz CT molecular complexity index is 631. The Morgan fingerprint density at radius 3 is 2.94 bits per heavy atom. The third kappa shape index (κ3) is 1.27. The number of nitrogens with zero attached hydrogens (tertiary/aromatic N) is 1. The van der Waals surface area contributed by atoms with Crippen LogP contribution in [0.3, 0.4) is 0 Å². The van der Waals surface area contributed by atoms with Crippen LogP contribution in [0, 0.1) is 0 Å². The molecule has 2 N–H and O–H groups in total. The second-order valence-corrected chi connectivity index (χ2v) is 3.65. The van der Waals surface area contributed by atoms with Gasteiger partial charge in [0.15, 0.2) is 0 Å². The normalized spacial score (nSPS) is 14.6. The van der Waals surface area contributed by atoms with Crippen molar-refractivity contribution in [2.45, 2.75) is 0 Å². The fraction of sp³-hybridized carbons (Fsp3) is 0.0909. The molecule has 0 unspecified atom stereocenters. The van der Waals surface area contributed by atoms with Crippen LogP contribution < -0.4 is 10.2 Å². The first-order valence-electron chi connectivity index (χ1n) is 4.98. The zero-order valence-electron chi connectivity index (χ0n) is 8.64. The van der Waals surface area contributed by atoms with Crippen molar-refractivity contribution in [3.8, 4) is 0 Å². The number of fused-ring (bicyclic) bond motifs is 3. The lowest BCUT2D eigenvalue weighted by Crippen LogP contribution is -2.45. The van der Waals surface area contributed by atoms with E-state index in [-0.39, 0.29) is 12.4 Å². The van der Waals surface area contributed by atoms with Crippen LogP contribution >= 0.6 is 0 Å². The van der Waals surface area contributed by atoms with E-state index in [4.69, 9.17) is 9.52 Å². The second kappa shape index (κ2) is 3.24. The van der Waals surface area contributed by atoms with Crippen LogP contribution in [0.5, 0.6) is 0 Å². The van der Waals surface area contributed by atoms with Crippen molar-refractivity contribution >= 4 is 28.7 Å². The van der Waals surface area contributed by atoms with Gasteiger partial charge in [0, 0.05) is 5.39 Å². The Labute approximate surface area is 95.4 Å². The molecule has 1 aliphatic heterocycles. The van der Waals surface area contributed by atoms with Gasteiger partial charge in [0.2, 0.25) is 5.76 Å². The fourth-order valence-corrected chi connectivity index (χ4v) is 1.93. The molecule has 2 heterocycles. The minimum absolute atomic E-state index is 0.0415. The highest BCUT2D eigenvalue weighted by molar-refractivity contribution is 6.12. The lowest BCUT2D eigenvalue weighted by molar-refractivity contribution is 0.0921. The number of carboxylic acid groups (broad SMARTS) is 1. The van der Waals surface area contributed by atoms with Crippen LogP contribution in [0.2, 0.25) is 0 Å². The number of para-hydroxylation sites is 1. The topological polar surface area (TPSA) is 82.8 Å². The summed E-state index contributed by atoms with van der Waals surface area (Å²) >= 11 is 0. The SMILES string of the molecule is O=C1NCN(C(=O)O)c2c1oc1ccccc21. The van der Waals surface area contributed by atoms with E-state index >= 15 is 0 Å². The third-order valence-corrected chi connectivity index (χ3v) is 2.67. The van der Waals surface area contributed by atoms with Crippen LogP contribution in [0.15, 0.2) is 28.7 Å². The van der Waals surface area contributed by atoms with Gasteiger partial charge in [-0.2, -0.15) is 0 Å². The van der Waals surface area contributed by atoms with Crippen molar-refractivity contribution in [2.75, 3.05) is 11.6 Å². The molecular formula is C11H8N2O4. The first-order chi connectivity index (χ1) is 8.18. The van der Waals surface area contributed by atoms with Crippen LogP contribution in [0.25, 0.3) is 11.0 Å². The van der Waals surface area contributed by atoms with Crippen LogP contribution in [0.1, 0.15) is 10.6 Å². The van der Waals surface area contributed by atoms with E-state index in [2.05, 4.69) is 5.32 Å². The number of benzene rings is 1. The molecular weight excluding hydrogens is 224 g/mol. The monoisotopic (exact) mass is 232 g/mol. The van der Waals surface area contributed by atoms with Crippen molar-refractivity contribution in [1.82, 2.24) is 5.32 Å². The molecule has 0 radical (unpaired) electrons. The molecule has 6 nitrogen and oxygen atoms in total. The molecule has 0 fully saturated rings. The van der Waals surface area contributed by atoms with Gasteiger partial charge in [-0.25, -0.2) is 4.79 Å². The Morgan fingerprint density at radius 2 is 2.18 bits per heavy atom. The molecule has 6 heteroatoms. The maximum atomic E-state index is 11.6. The summed E-state index contributed by atoms with van der Waals surface area (Å²) < 4.78 is 5.37. The van der Waals surface area contributed by atoms with Gasteiger partial charge in [0.25, 0.3) is 5.91 Å². The van der Waals surface area contributed by atoms with Gasteiger partial charge in [-0.1, -0.05) is 12.1 Å². The molecule has 2 aromatic rings. The molecule has 86 valence electrons. The highest BCUT2D eigenvalue weighted by Gasteiger charge is 2.32. The standard InChI is InChI=1S/C11H8N2O4/c14-10-9-8(13(5-12-10)11(15)16)6-3-1-2-4-7(6)17-9/h1-4H,5H2,(H,12,14)(H,15,16). The number of carbonyl (C=O) groups excluding carboxylic acids is 1. The number of hydrogen-bond acceptors (Lipinski definition) is 3. The fourth-order valence-electron chi connectivity index (χ4n) is 1.93. The summed E-state index contributed by atoms with van der Waals surface area (Å²) in [7, 11) is 0. The van der Waals surface area contributed by atoms with Gasteiger partial charge in [-0.05, 0) is 12.1 Å². The zero-order chi connectivity index (χ0) is 12.0. The molecule has 1 aliphatic rings. The van der Waals surface area contributed by atoms with Gasteiger partial charge in [-0.15, -0.1) is 0 Å². The van der Waals surface area contributed by atoms with E-state index in [1.165, 1.54) is 0 Å². The number of nitrogens with one attached hydrogen (secondary N) is 1. The van der Waals surface area contributed by atoms with Gasteiger partial charge in [-0.3, -0.25) is 9.69 Å². The Hall–Kier alpha value is -2.50. The number of rotatable bonds is 0. The predicted octanol–water partition coefficient (Wildman–Crippen LogP) is 1.62. The van der Waals surface area contributed by atoms with E-state index in [1.807, 2.05) is 0 Å². The van der Waals surface area contributed by atoms with Crippen molar-refractivity contribution in [3.63, 3.8) is 0 Å². The van der Waals surface area contributed by atoms with Gasteiger partial charge >= 0.3 is 6.09 Å². The Kier molecular flexibility index (Phi) is 1.85. The minimum Gasteiger partial charge on any atom is -0.465 e. The molecule has 17 heavy (non-hydrogen) atoms. The summed E-state index contributed by atoms with van der Waals surface area (Å²) in [4.78, 5) is 23.8. The molecule has 2 amide bonds. The molecule has 1 aromatic heterocycles.